The molecular weight excluding hydrogens is 654 g/mol. The fourth-order valence-corrected chi connectivity index (χ4v) is 7.93. The lowest BCUT2D eigenvalue weighted by Crippen LogP contribution is -2.58. The number of likely N-dealkylation sites (tertiary alicyclic amines) is 1. The summed E-state index contributed by atoms with van der Waals surface area (Å²) in [6.45, 7) is 1.90. The first kappa shape index (κ1) is 32.2. The van der Waals surface area contributed by atoms with Crippen LogP contribution in [0.3, 0.4) is 0 Å². The Morgan fingerprint density at radius 2 is 1.74 bits per heavy atom. The number of hydrogen-bond acceptors (Lipinski definition) is 7. The lowest BCUT2D eigenvalue weighted by atomic mass is 9.74. The molecule has 6 rings (SSSR count). The quantitative estimate of drug-likeness (QED) is 0.351. The maximum atomic E-state index is 14.8. The molecule has 4 aliphatic heterocycles. The number of aliphatic hydroxyl groups excluding tert-OH is 1. The van der Waals surface area contributed by atoms with Crippen molar-refractivity contribution in [3.8, 4) is 0 Å². The lowest BCUT2D eigenvalue weighted by Gasteiger charge is -2.38. The van der Waals surface area contributed by atoms with Gasteiger partial charge in [0.1, 0.15) is 24.4 Å². The molecular formula is C35H38BrN3O7. The minimum absolute atomic E-state index is 0.0855. The Morgan fingerprint density at radius 1 is 1.02 bits per heavy atom. The van der Waals surface area contributed by atoms with Crippen molar-refractivity contribution in [1.82, 2.24) is 15.1 Å². The van der Waals surface area contributed by atoms with Gasteiger partial charge in [0.2, 0.25) is 17.7 Å². The first-order valence-corrected chi connectivity index (χ1v) is 16.6. The number of hydrogen-bond donors (Lipinski definition) is 2. The second-order valence-corrected chi connectivity index (χ2v) is 13.1. The molecule has 0 radical (unpaired) electrons. The largest absolute Gasteiger partial charge is 0.463 e. The molecule has 0 aliphatic carbocycles. The van der Waals surface area contributed by atoms with Gasteiger partial charge in [-0.3, -0.25) is 19.2 Å². The van der Waals surface area contributed by atoms with Crippen LogP contribution >= 0.6 is 15.9 Å². The molecule has 11 heteroatoms. The van der Waals surface area contributed by atoms with E-state index in [1.165, 1.54) is 4.90 Å². The average molecular weight is 693 g/mol. The van der Waals surface area contributed by atoms with E-state index in [9.17, 15) is 24.3 Å². The summed E-state index contributed by atoms with van der Waals surface area (Å²) in [5.41, 5.74) is 0.212. The van der Waals surface area contributed by atoms with Crippen molar-refractivity contribution in [3.05, 3.63) is 94.5 Å². The number of nitrogens with zero attached hydrogens (tertiary/aromatic N) is 2. The molecule has 2 aromatic carbocycles. The third kappa shape index (κ3) is 5.80. The highest BCUT2D eigenvalue weighted by Crippen LogP contribution is 2.59. The number of fused-ring (bicyclic) bond motifs is 2. The molecule has 4 heterocycles. The summed E-state index contributed by atoms with van der Waals surface area (Å²) < 4.78 is 12.8. The average Bonchev–Trinajstić information content (AvgIpc) is 3.66. The third-order valence-corrected chi connectivity index (χ3v) is 10.1. The number of allylic oxidation sites excluding steroid dienone is 1. The van der Waals surface area contributed by atoms with Crippen LogP contribution in [0.4, 0.5) is 0 Å². The second-order valence-electron chi connectivity index (χ2n) is 12.2. The predicted molar refractivity (Wildman–Crippen MR) is 172 cm³/mol. The van der Waals surface area contributed by atoms with E-state index >= 15 is 0 Å². The predicted octanol–water partition coefficient (Wildman–Crippen LogP) is 3.41. The maximum absolute atomic E-state index is 14.8. The van der Waals surface area contributed by atoms with E-state index in [-0.39, 0.29) is 38.6 Å². The van der Waals surface area contributed by atoms with Gasteiger partial charge in [0.15, 0.2) is 0 Å². The fraction of sp³-hybridized carbons (Fsp3) is 0.429. The van der Waals surface area contributed by atoms with Gasteiger partial charge in [0.05, 0.1) is 30.5 Å². The number of carbonyl (C=O) groups is 4. The molecule has 2 saturated heterocycles. The molecule has 0 aromatic heterocycles. The topological polar surface area (TPSA) is 125 Å². The number of carbonyl (C=O) groups excluding carboxylic acids is 4. The van der Waals surface area contributed by atoms with E-state index in [1.54, 1.807) is 11.0 Å². The number of nitrogens with one attached hydrogen (secondary N) is 1. The number of rotatable bonds is 6. The first-order chi connectivity index (χ1) is 22.3. The standard InChI is InChI=1S/C35H38BrN3O7/c1-2-24(20-40)39-31-34(44)38(19-22-12-6-3-7-13-22)17-11-5-10-16-27(41)45-21-26(23-14-8-4-9-15-23)37-32(42)28-29(33(39)43)35(31)18-25(36)30(28)46-35/h3-9,11-15,18,24,26,28-31,40H,2,10,16-17,19-21H2,1H3,(H,37,42)/b11-5-/t24-,26+,28+,29-,30+,31+,35-/m0/s1. The molecule has 7 atom stereocenters. The molecule has 2 fully saturated rings. The molecule has 0 unspecified atom stereocenters. The number of aliphatic hydroxyl groups is 1. The summed E-state index contributed by atoms with van der Waals surface area (Å²) in [5.74, 6) is -3.58. The minimum atomic E-state index is -1.43. The molecule has 2 aromatic rings. The molecule has 4 aliphatic rings. The van der Waals surface area contributed by atoms with Crippen molar-refractivity contribution in [3.63, 3.8) is 0 Å². The second kappa shape index (κ2) is 13.5. The Hall–Kier alpha value is -3.80. The van der Waals surface area contributed by atoms with Gasteiger partial charge < -0.3 is 29.7 Å². The van der Waals surface area contributed by atoms with Gasteiger partial charge in [-0.2, -0.15) is 0 Å². The lowest BCUT2D eigenvalue weighted by molar-refractivity contribution is -0.151. The van der Waals surface area contributed by atoms with E-state index < -0.39 is 59.5 Å². The van der Waals surface area contributed by atoms with E-state index in [1.807, 2.05) is 79.7 Å². The van der Waals surface area contributed by atoms with Gasteiger partial charge in [-0.15, -0.1) is 0 Å². The van der Waals surface area contributed by atoms with Crippen LogP contribution in [0, 0.1) is 11.8 Å². The van der Waals surface area contributed by atoms with E-state index in [2.05, 4.69) is 21.2 Å². The zero-order valence-corrected chi connectivity index (χ0v) is 27.2. The number of benzene rings is 2. The Morgan fingerprint density at radius 3 is 2.43 bits per heavy atom. The van der Waals surface area contributed by atoms with Crippen LogP contribution in [-0.4, -0.2) is 82.1 Å². The Kier molecular flexibility index (Phi) is 9.44. The van der Waals surface area contributed by atoms with Crippen molar-refractivity contribution in [1.29, 1.82) is 0 Å². The summed E-state index contributed by atoms with van der Waals surface area (Å²) in [6.07, 6.45) is 5.61. The van der Waals surface area contributed by atoms with Crippen LogP contribution in [-0.2, 0) is 35.2 Å². The molecule has 10 nitrogen and oxygen atoms in total. The van der Waals surface area contributed by atoms with Crippen LogP contribution in [0.5, 0.6) is 0 Å². The number of amides is 3. The first-order valence-electron chi connectivity index (χ1n) is 15.8. The van der Waals surface area contributed by atoms with Crippen LogP contribution in [0.15, 0.2) is 83.4 Å². The monoisotopic (exact) mass is 691 g/mol. The van der Waals surface area contributed by atoms with Gasteiger partial charge in [0.25, 0.3) is 0 Å². The summed E-state index contributed by atoms with van der Waals surface area (Å²) >= 11 is 3.60. The highest BCUT2D eigenvalue weighted by atomic mass is 79.9. The Balaban J connectivity index is 1.45. The number of esters is 1. The van der Waals surface area contributed by atoms with E-state index in [0.717, 1.165) is 11.1 Å². The maximum Gasteiger partial charge on any atom is 0.306 e. The van der Waals surface area contributed by atoms with Crippen LogP contribution in [0.25, 0.3) is 0 Å². The highest BCUT2D eigenvalue weighted by Gasteiger charge is 2.75. The van der Waals surface area contributed by atoms with Crippen LogP contribution < -0.4 is 5.32 Å². The third-order valence-electron chi connectivity index (χ3n) is 9.44. The summed E-state index contributed by atoms with van der Waals surface area (Å²) in [4.78, 5) is 59.4. The molecule has 0 saturated carbocycles. The van der Waals surface area contributed by atoms with Crippen molar-refractivity contribution >= 4 is 39.6 Å². The highest BCUT2D eigenvalue weighted by molar-refractivity contribution is 9.11. The SMILES string of the molecule is CC[C@@H](CO)N1C(=O)[C@@H]2[C@H]3C(=O)N[C@@H](c4ccccc4)COC(=O)CC/C=C\CN(Cc4ccccc4)C(=O)[C@@H]1[C@]21C=C(Br)[C@H]3O1. The van der Waals surface area contributed by atoms with Crippen molar-refractivity contribution < 1.29 is 33.8 Å². The van der Waals surface area contributed by atoms with Crippen LogP contribution in [0.1, 0.15) is 43.4 Å². The summed E-state index contributed by atoms with van der Waals surface area (Å²) in [7, 11) is 0. The minimum Gasteiger partial charge on any atom is -0.463 e. The van der Waals surface area contributed by atoms with Gasteiger partial charge in [-0.25, -0.2) is 0 Å². The number of ether oxygens (including phenoxy) is 2. The molecule has 3 amide bonds. The van der Waals surface area contributed by atoms with Crippen molar-refractivity contribution in [2.45, 2.75) is 62.6 Å². The molecule has 46 heavy (non-hydrogen) atoms. The van der Waals surface area contributed by atoms with Crippen LogP contribution in [0.2, 0.25) is 0 Å². The number of cyclic esters (lactones) is 1. The molecule has 1 spiro atoms. The molecule has 5 bridgehead atoms. The summed E-state index contributed by atoms with van der Waals surface area (Å²) in [5, 5.41) is 13.5. The normalized spacial score (nSPS) is 31.3. The van der Waals surface area contributed by atoms with Gasteiger partial charge in [0, 0.05) is 24.0 Å². The molecule has 2 N–H and O–H groups in total. The zero-order valence-electron chi connectivity index (χ0n) is 25.6. The Labute approximate surface area is 276 Å². The fourth-order valence-electron chi connectivity index (χ4n) is 7.19. The van der Waals surface area contributed by atoms with Gasteiger partial charge in [-0.1, -0.05) is 95.7 Å². The van der Waals surface area contributed by atoms with E-state index in [0.29, 0.717) is 17.3 Å². The molecule has 242 valence electrons. The van der Waals surface area contributed by atoms with Crippen molar-refractivity contribution in [2.24, 2.45) is 11.8 Å². The Bertz CT molecular complexity index is 1530. The zero-order chi connectivity index (χ0) is 32.4. The van der Waals surface area contributed by atoms with Gasteiger partial charge >= 0.3 is 5.97 Å². The smallest absolute Gasteiger partial charge is 0.306 e. The van der Waals surface area contributed by atoms with Gasteiger partial charge in [-0.05, 0) is 30.0 Å². The summed E-state index contributed by atoms with van der Waals surface area (Å²) in [6, 6.07) is 16.3. The van der Waals surface area contributed by atoms with Crippen molar-refractivity contribution in [2.75, 3.05) is 19.8 Å². The number of halogens is 1. The van der Waals surface area contributed by atoms with E-state index in [4.69, 9.17) is 9.47 Å².